The molecule has 1 aliphatic heterocycles. The summed E-state index contributed by atoms with van der Waals surface area (Å²) >= 11 is 0. The summed E-state index contributed by atoms with van der Waals surface area (Å²) in [5, 5.41) is 4.23. The van der Waals surface area contributed by atoms with Crippen LogP contribution in [0.3, 0.4) is 0 Å². The van der Waals surface area contributed by atoms with Gasteiger partial charge in [0.15, 0.2) is 11.6 Å². The van der Waals surface area contributed by atoms with E-state index in [-0.39, 0.29) is 17.7 Å². The summed E-state index contributed by atoms with van der Waals surface area (Å²) < 4.78 is 27.6. The van der Waals surface area contributed by atoms with Gasteiger partial charge in [-0.25, -0.2) is 13.8 Å². The summed E-state index contributed by atoms with van der Waals surface area (Å²) in [6, 6.07) is 9.67. The molecule has 25 heavy (non-hydrogen) atoms. The van der Waals surface area contributed by atoms with Crippen molar-refractivity contribution in [3.05, 3.63) is 59.9 Å². The van der Waals surface area contributed by atoms with Gasteiger partial charge in [-0.3, -0.25) is 4.98 Å². The van der Waals surface area contributed by atoms with Crippen LogP contribution in [-0.2, 0) is 0 Å². The number of pyridine rings is 2. The second kappa shape index (κ2) is 6.27. The molecule has 2 aromatic heterocycles. The summed E-state index contributed by atoms with van der Waals surface area (Å²) in [6.07, 6.45) is 2.45. The van der Waals surface area contributed by atoms with E-state index in [2.05, 4.69) is 15.3 Å². The van der Waals surface area contributed by atoms with Gasteiger partial charge in [0.1, 0.15) is 5.82 Å². The lowest BCUT2D eigenvalue weighted by Gasteiger charge is -2.19. The van der Waals surface area contributed by atoms with Crippen molar-refractivity contribution >= 4 is 22.4 Å². The lowest BCUT2D eigenvalue weighted by molar-refractivity contribution is 0.615. The molecule has 3 heterocycles. The SMILES string of the molecule is Cc1cc(NC2CCN(c3ncccc3F)C2)c2cc(F)ccc2n1. The van der Waals surface area contributed by atoms with Gasteiger partial charge < -0.3 is 10.2 Å². The van der Waals surface area contributed by atoms with Gasteiger partial charge in [-0.1, -0.05) is 0 Å². The van der Waals surface area contributed by atoms with Crippen LogP contribution in [0.5, 0.6) is 0 Å². The van der Waals surface area contributed by atoms with Crippen molar-refractivity contribution in [3.8, 4) is 0 Å². The zero-order chi connectivity index (χ0) is 17.4. The Balaban J connectivity index is 1.58. The Kier molecular flexibility index (Phi) is 3.95. The molecule has 1 N–H and O–H groups in total. The molecule has 3 aromatic rings. The molecule has 1 aromatic carbocycles. The zero-order valence-electron chi connectivity index (χ0n) is 13.8. The van der Waals surface area contributed by atoms with Crippen LogP contribution in [0, 0.1) is 18.6 Å². The van der Waals surface area contributed by atoms with Crippen LogP contribution in [-0.4, -0.2) is 29.1 Å². The fraction of sp³-hybridized carbons (Fsp3) is 0.263. The van der Waals surface area contributed by atoms with E-state index in [1.165, 1.54) is 18.2 Å². The van der Waals surface area contributed by atoms with Crippen molar-refractivity contribution < 1.29 is 8.78 Å². The van der Waals surface area contributed by atoms with Gasteiger partial charge in [0.25, 0.3) is 0 Å². The highest BCUT2D eigenvalue weighted by molar-refractivity contribution is 5.91. The van der Waals surface area contributed by atoms with E-state index in [0.29, 0.717) is 12.4 Å². The molecule has 0 saturated carbocycles. The smallest absolute Gasteiger partial charge is 0.165 e. The van der Waals surface area contributed by atoms with Crippen molar-refractivity contribution in [2.24, 2.45) is 0 Å². The molecule has 1 fully saturated rings. The maximum atomic E-state index is 13.9. The first kappa shape index (κ1) is 15.7. The second-order valence-corrected chi connectivity index (χ2v) is 6.36. The highest BCUT2D eigenvalue weighted by atomic mass is 19.1. The molecule has 1 aliphatic rings. The van der Waals surface area contributed by atoms with Crippen LogP contribution in [0.25, 0.3) is 10.9 Å². The maximum absolute atomic E-state index is 13.9. The van der Waals surface area contributed by atoms with Gasteiger partial charge in [0.2, 0.25) is 0 Å². The molecule has 0 spiro atoms. The lowest BCUT2D eigenvalue weighted by atomic mass is 10.1. The molecule has 1 atom stereocenters. The minimum absolute atomic E-state index is 0.134. The molecule has 6 heteroatoms. The van der Waals surface area contributed by atoms with Crippen molar-refractivity contribution in [1.82, 2.24) is 9.97 Å². The second-order valence-electron chi connectivity index (χ2n) is 6.36. The quantitative estimate of drug-likeness (QED) is 0.785. The summed E-state index contributed by atoms with van der Waals surface area (Å²) in [6.45, 7) is 3.28. The minimum Gasteiger partial charge on any atom is -0.380 e. The number of fused-ring (bicyclic) bond motifs is 1. The number of anilines is 2. The standard InChI is InChI=1S/C19H18F2N4/c1-12-9-18(15-10-13(20)4-5-17(15)23-12)24-14-6-8-25(11-14)19-16(21)3-2-7-22-19/h2-5,7,9-10,14H,6,8,11H2,1H3,(H,23,24). The average molecular weight is 340 g/mol. The Morgan fingerprint density at radius 1 is 1.20 bits per heavy atom. The number of hydrogen-bond acceptors (Lipinski definition) is 4. The Labute approximate surface area is 144 Å². The molecule has 4 rings (SSSR count). The molecule has 0 bridgehead atoms. The van der Waals surface area contributed by atoms with Crippen LogP contribution >= 0.6 is 0 Å². The zero-order valence-corrected chi connectivity index (χ0v) is 13.8. The fourth-order valence-corrected chi connectivity index (χ4v) is 3.35. The maximum Gasteiger partial charge on any atom is 0.165 e. The molecule has 4 nitrogen and oxygen atoms in total. The van der Waals surface area contributed by atoms with E-state index < -0.39 is 0 Å². The summed E-state index contributed by atoms with van der Waals surface area (Å²) in [4.78, 5) is 10.5. The van der Waals surface area contributed by atoms with Gasteiger partial charge in [-0.2, -0.15) is 0 Å². The van der Waals surface area contributed by atoms with E-state index in [1.807, 2.05) is 17.9 Å². The van der Waals surface area contributed by atoms with Crippen molar-refractivity contribution in [2.75, 3.05) is 23.3 Å². The molecule has 0 aliphatic carbocycles. The van der Waals surface area contributed by atoms with Gasteiger partial charge in [-0.05, 0) is 49.7 Å². The number of hydrogen-bond donors (Lipinski definition) is 1. The lowest BCUT2D eigenvalue weighted by Crippen LogP contribution is -2.27. The first-order valence-electron chi connectivity index (χ1n) is 8.29. The van der Waals surface area contributed by atoms with E-state index in [4.69, 9.17) is 0 Å². The van der Waals surface area contributed by atoms with Crippen molar-refractivity contribution in [1.29, 1.82) is 0 Å². The number of halogens is 2. The Hall–Kier alpha value is -2.76. The summed E-state index contributed by atoms with van der Waals surface area (Å²) in [5.74, 6) is -0.214. The third-order valence-corrected chi connectivity index (χ3v) is 4.49. The van der Waals surface area contributed by atoms with Crippen molar-refractivity contribution in [2.45, 2.75) is 19.4 Å². The Morgan fingerprint density at radius 3 is 2.92 bits per heavy atom. The Bertz CT molecular complexity index is 928. The monoisotopic (exact) mass is 340 g/mol. The fourth-order valence-electron chi connectivity index (χ4n) is 3.35. The van der Waals surface area contributed by atoms with E-state index in [0.717, 1.165) is 35.2 Å². The number of benzene rings is 1. The van der Waals surface area contributed by atoms with Crippen LogP contribution in [0.4, 0.5) is 20.3 Å². The number of aromatic nitrogens is 2. The molecule has 128 valence electrons. The molecule has 1 unspecified atom stereocenters. The Morgan fingerprint density at radius 2 is 2.08 bits per heavy atom. The third-order valence-electron chi connectivity index (χ3n) is 4.49. The van der Waals surface area contributed by atoms with Crippen LogP contribution in [0.15, 0.2) is 42.6 Å². The minimum atomic E-state index is -0.310. The number of nitrogens with one attached hydrogen (secondary N) is 1. The number of rotatable bonds is 3. The first-order chi connectivity index (χ1) is 12.1. The molecule has 0 amide bonds. The van der Waals surface area contributed by atoms with E-state index >= 15 is 0 Å². The van der Waals surface area contributed by atoms with Crippen molar-refractivity contribution in [3.63, 3.8) is 0 Å². The number of aryl methyl sites for hydroxylation is 1. The predicted octanol–water partition coefficient (Wildman–Crippen LogP) is 3.91. The van der Waals surface area contributed by atoms with E-state index in [9.17, 15) is 8.78 Å². The summed E-state index contributed by atoms with van der Waals surface area (Å²) in [7, 11) is 0. The normalized spacial score (nSPS) is 17.2. The summed E-state index contributed by atoms with van der Waals surface area (Å²) in [5.41, 5.74) is 2.48. The van der Waals surface area contributed by atoms with Gasteiger partial charge in [-0.15, -0.1) is 0 Å². The van der Waals surface area contributed by atoms with Crippen LogP contribution < -0.4 is 10.2 Å². The van der Waals surface area contributed by atoms with Gasteiger partial charge in [0.05, 0.1) is 5.52 Å². The number of nitrogens with zero attached hydrogens (tertiary/aromatic N) is 3. The van der Waals surface area contributed by atoms with Crippen LogP contribution in [0.2, 0.25) is 0 Å². The van der Waals surface area contributed by atoms with Gasteiger partial charge in [0, 0.05) is 42.1 Å². The average Bonchev–Trinajstić information content (AvgIpc) is 3.04. The highest BCUT2D eigenvalue weighted by Gasteiger charge is 2.25. The molecular weight excluding hydrogens is 322 g/mol. The molecular formula is C19H18F2N4. The molecule has 0 radical (unpaired) electrons. The van der Waals surface area contributed by atoms with E-state index in [1.54, 1.807) is 18.3 Å². The first-order valence-corrected chi connectivity index (χ1v) is 8.29. The predicted molar refractivity (Wildman–Crippen MR) is 94.9 cm³/mol. The third kappa shape index (κ3) is 3.12. The van der Waals surface area contributed by atoms with Gasteiger partial charge >= 0.3 is 0 Å². The largest absolute Gasteiger partial charge is 0.380 e. The topological polar surface area (TPSA) is 41.0 Å². The van der Waals surface area contributed by atoms with Crippen LogP contribution in [0.1, 0.15) is 12.1 Å². The highest BCUT2D eigenvalue weighted by Crippen LogP contribution is 2.28. The molecule has 1 saturated heterocycles.